The Balaban J connectivity index is 1.78. The summed E-state index contributed by atoms with van der Waals surface area (Å²) in [5.74, 6) is 0.423. The molecule has 0 saturated carbocycles. The van der Waals surface area contributed by atoms with Gasteiger partial charge in [-0.1, -0.05) is 25.1 Å². The van der Waals surface area contributed by atoms with E-state index in [0.29, 0.717) is 10.0 Å². The molecule has 3 rings (SSSR count). The highest BCUT2D eigenvalue weighted by Gasteiger charge is 2.18. The first-order valence-electron chi connectivity index (χ1n) is 7.01. The summed E-state index contributed by atoms with van der Waals surface area (Å²) in [5.41, 5.74) is 0.774. The SMILES string of the molecule is CCc1ccc(S(=O)(=O)NCc2nnnn2-c2ccccc2)s1. The van der Waals surface area contributed by atoms with Gasteiger partial charge in [-0.25, -0.2) is 13.1 Å². The second kappa shape index (κ2) is 6.57. The number of thiophene rings is 1. The maximum atomic E-state index is 12.3. The lowest BCUT2D eigenvalue weighted by atomic mass is 10.3. The van der Waals surface area contributed by atoms with Gasteiger partial charge in [0.2, 0.25) is 10.0 Å². The normalized spacial score (nSPS) is 11.7. The number of para-hydroxylation sites is 1. The predicted molar refractivity (Wildman–Crippen MR) is 86.9 cm³/mol. The van der Waals surface area contributed by atoms with Crippen molar-refractivity contribution in [3.63, 3.8) is 0 Å². The number of hydrogen-bond acceptors (Lipinski definition) is 6. The first-order chi connectivity index (χ1) is 11.1. The van der Waals surface area contributed by atoms with Crippen LogP contribution in [0.5, 0.6) is 0 Å². The molecule has 0 saturated heterocycles. The molecule has 0 spiro atoms. The van der Waals surface area contributed by atoms with Crippen LogP contribution in [0.25, 0.3) is 5.69 Å². The number of aryl methyl sites for hydroxylation is 1. The van der Waals surface area contributed by atoms with Gasteiger partial charge < -0.3 is 0 Å². The molecule has 0 aliphatic carbocycles. The second-order valence-electron chi connectivity index (χ2n) is 4.74. The second-order valence-corrected chi connectivity index (χ2v) is 7.90. The molecule has 0 aliphatic heterocycles. The maximum Gasteiger partial charge on any atom is 0.250 e. The van der Waals surface area contributed by atoms with E-state index < -0.39 is 10.0 Å². The molecule has 0 unspecified atom stereocenters. The zero-order chi connectivity index (χ0) is 16.3. The molecule has 0 radical (unpaired) electrons. The van der Waals surface area contributed by atoms with Crippen LogP contribution in [0, 0.1) is 0 Å². The molecule has 2 heterocycles. The highest BCUT2D eigenvalue weighted by Crippen LogP contribution is 2.21. The molecule has 120 valence electrons. The summed E-state index contributed by atoms with van der Waals surface area (Å²) in [6.45, 7) is 2.01. The molecule has 1 N–H and O–H groups in total. The number of nitrogens with zero attached hydrogens (tertiary/aromatic N) is 4. The van der Waals surface area contributed by atoms with Crippen LogP contribution in [-0.2, 0) is 23.0 Å². The molecule has 0 amide bonds. The molecule has 0 fully saturated rings. The quantitative estimate of drug-likeness (QED) is 0.732. The molecule has 3 aromatic rings. The van der Waals surface area contributed by atoms with Crippen LogP contribution in [0.4, 0.5) is 0 Å². The number of aromatic nitrogens is 4. The molecule has 0 aliphatic rings. The topological polar surface area (TPSA) is 89.8 Å². The summed E-state index contributed by atoms with van der Waals surface area (Å²) in [6, 6.07) is 12.8. The molecule has 23 heavy (non-hydrogen) atoms. The van der Waals surface area contributed by atoms with E-state index in [-0.39, 0.29) is 6.54 Å². The van der Waals surface area contributed by atoms with Crippen molar-refractivity contribution in [2.45, 2.75) is 24.1 Å². The van der Waals surface area contributed by atoms with Gasteiger partial charge in [-0.2, -0.15) is 4.68 Å². The van der Waals surface area contributed by atoms with Gasteiger partial charge in [-0.15, -0.1) is 16.4 Å². The lowest BCUT2D eigenvalue weighted by Crippen LogP contribution is -2.24. The summed E-state index contributed by atoms with van der Waals surface area (Å²) in [5, 5.41) is 11.4. The van der Waals surface area contributed by atoms with Crippen LogP contribution in [-0.4, -0.2) is 28.6 Å². The van der Waals surface area contributed by atoms with Gasteiger partial charge in [-0.05, 0) is 41.1 Å². The van der Waals surface area contributed by atoms with Crippen LogP contribution in [0.2, 0.25) is 0 Å². The summed E-state index contributed by atoms with van der Waals surface area (Å²) in [6.07, 6.45) is 0.812. The molecular weight excluding hydrogens is 334 g/mol. The van der Waals surface area contributed by atoms with Crippen LogP contribution in [0.15, 0.2) is 46.7 Å². The molecular formula is C14H15N5O2S2. The first kappa shape index (κ1) is 15.8. The average Bonchev–Trinajstić information content (AvgIpc) is 3.23. The first-order valence-corrected chi connectivity index (χ1v) is 9.31. The zero-order valence-electron chi connectivity index (χ0n) is 12.4. The minimum absolute atomic E-state index is 0.0174. The Hall–Kier alpha value is -2.10. The Bertz CT molecular complexity index is 887. The number of rotatable bonds is 6. The molecule has 2 aromatic heterocycles. The zero-order valence-corrected chi connectivity index (χ0v) is 14.0. The summed E-state index contributed by atoms with van der Waals surface area (Å²) in [7, 11) is -3.56. The van der Waals surface area contributed by atoms with Gasteiger partial charge in [0.1, 0.15) is 4.21 Å². The van der Waals surface area contributed by atoms with Crippen LogP contribution in [0.1, 0.15) is 17.6 Å². The van der Waals surface area contributed by atoms with Crippen LogP contribution < -0.4 is 4.72 Å². The fourth-order valence-corrected chi connectivity index (χ4v) is 4.33. The summed E-state index contributed by atoms with van der Waals surface area (Å²) >= 11 is 1.27. The van der Waals surface area contributed by atoms with Gasteiger partial charge in [0.15, 0.2) is 5.82 Å². The molecule has 1 aromatic carbocycles. The van der Waals surface area contributed by atoms with Crippen molar-refractivity contribution in [3.05, 3.63) is 53.2 Å². The van der Waals surface area contributed by atoms with Gasteiger partial charge in [0, 0.05) is 4.88 Å². The largest absolute Gasteiger partial charge is 0.250 e. The summed E-state index contributed by atoms with van der Waals surface area (Å²) < 4.78 is 29.0. The van der Waals surface area contributed by atoms with Crippen molar-refractivity contribution < 1.29 is 8.42 Å². The maximum absolute atomic E-state index is 12.3. The minimum atomic E-state index is -3.56. The third-order valence-electron chi connectivity index (χ3n) is 3.21. The Morgan fingerprint density at radius 1 is 1.17 bits per heavy atom. The number of nitrogens with one attached hydrogen (secondary N) is 1. The van der Waals surface area contributed by atoms with Gasteiger partial charge in [-0.3, -0.25) is 0 Å². The lowest BCUT2D eigenvalue weighted by molar-refractivity contribution is 0.580. The number of hydrogen-bond donors (Lipinski definition) is 1. The van der Waals surface area contributed by atoms with Gasteiger partial charge in [0.05, 0.1) is 12.2 Å². The highest BCUT2D eigenvalue weighted by atomic mass is 32.2. The number of tetrazole rings is 1. The summed E-state index contributed by atoms with van der Waals surface area (Å²) in [4.78, 5) is 1.03. The number of benzene rings is 1. The minimum Gasteiger partial charge on any atom is -0.206 e. The molecule has 7 nitrogen and oxygen atoms in total. The molecule has 0 bridgehead atoms. The Labute approximate surface area is 138 Å². The van der Waals surface area contributed by atoms with E-state index in [4.69, 9.17) is 0 Å². The molecule has 9 heteroatoms. The van der Waals surface area contributed by atoms with Gasteiger partial charge >= 0.3 is 0 Å². The smallest absolute Gasteiger partial charge is 0.206 e. The van der Waals surface area contributed by atoms with Crippen molar-refractivity contribution >= 4 is 21.4 Å². The van der Waals surface area contributed by atoms with Gasteiger partial charge in [0.25, 0.3) is 0 Å². The van der Waals surface area contributed by atoms with Crippen LogP contribution >= 0.6 is 11.3 Å². The van der Waals surface area contributed by atoms with E-state index in [1.807, 2.05) is 43.3 Å². The van der Waals surface area contributed by atoms with Crippen LogP contribution in [0.3, 0.4) is 0 Å². The van der Waals surface area contributed by atoms with Crippen molar-refractivity contribution in [2.75, 3.05) is 0 Å². The van der Waals surface area contributed by atoms with E-state index in [1.54, 1.807) is 6.07 Å². The Morgan fingerprint density at radius 2 is 1.96 bits per heavy atom. The highest BCUT2D eigenvalue weighted by molar-refractivity contribution is 7.91. The average molecular weight is 349 g/mol. The Morgan fingerprint density at radius 3 is 2.65 bits per heavy atom. The van der Waals surface area contributed by atoms with Crippen molar-refractivity contribution in [1.29, 1.82) is 0 Å². The third-order valence-corrected chi connectivity index (χ3v) is 6.33. The molecule has 0 atom stereocenters. The van der Waals surface area contributed by atoms with E-state index in [2.05, 4.69) is 20.2 Å². The number of sulfonamides is 1. The third kappa shape index (κ3) is 3.46. The van der Waals surface area contributed by atoms with E-state index in [0.717, 1.165) is 17.0 Å². The fraction of sp³-hybridized carbons (Fsp3) is 0.214. The monoisotopic (exact) mass is 349 g/mol. The van der Waals surface area contributed by atoms with Crippen molar-refractivity contribution in [1.82, 2.24) is 24.9 Å². The lowest BCUT2D eigenvalue weighted by Gasteiger charge is -2.06. The van der Waals surface area contributed by atoms with E-state index in [1.165, 1.54) is 16.0 Å². The predicted octanol–water partition coefficient (Wildman–Crippen LogP) is 1.76. The Kier molecular flexibility index (Phi) is 4.51. The van der Waals surface area contributed by atoms with E-state index >= 15 is 0 Å². The van der Waals surface area contributed by atoms with Crippen molar-refractivity contribution in [3.8, 4) is 5.69 Å². The fourth-order valence-electron chi connectivity index (χ4n) is 2.01. The standard InChI is InChI=1S/C14H15N5O2S2/c1-2-12-8-9-14(22-12)23(20,21)15-10-13-16-17-18-19(13)11-6-4-3-5-7-11/h3-9,15H,2,10H2,1H3. The van der Waals surface area contributed by atoms with E-state index in [9.17, 15) is 8.42 Å². The van der Waals surface area contributed by atoms with Crippen molar-refractivity contribution in [2.24, 2.45) is 0 Å².